The van der Waals surface area contributed by atoms with E-state index in [0.717, 1.165) is 26.1 Å². The molecule has 0 saturated carbocycles. The summed E-state index contributed by atoms with van der Waals surface area (Å²) in [5.41, 5.74) is 0. The quantitative estimate of drug-likeness (QED) is 0.361. The fourth-order valence-corrected chi connectivity index (χ4v) is 0.955. The van der Waals surface area contributed by atoms with Crippen LogP contribution in [0.2, 0.25) is 0 Å². The topological polar surface area (TPSA) is 76.0 Å². The Morgan fingerprint density at radius 3 is 1.43 bits per heavy atom. The fraction of sp³-hybridized carbons (Fsp3) is 0.833. The van der Waals surface area contributed by atoms with Crippen LogP contribution in [0.3, 0.4) is 0 Å². The molecule has 0 aliphatic rings. The molecule has 5 nitrogen and oxygen atoms in total. The van der Waals surface area contributed by atoms with Crippen LogP contribution in [0.25, 0.3) is 0 Å². The summed E-state index contributed by atoms with van der Waals surface area (Å²) < 4.78 is 9.96. The molecule has 0 fully saturated rings. The number of hydrogen-bond donors (Lipinski definition) is 2. The maximum atomic E-state index is 10.1. The van der Waals surface area contributed by atoms with Crippen LogP contribution in [0, 0.1) is 0 Å². The van der Waals surface area contributed by atoms with Gasteiger partial charge in [-0.15, -0.1) is 13.2 Å². The van der Waals surface area contributed by atoms with Crippen molar-refractivity contribution >= 4 is 5.97 Å². The summed E-state index contributed by atoms with van der Waals surface area (Å²) in [7, 11) is 0. The van der Waals surface area contributed by atoms with Crippen LogP contribution in [0.1, 0.15) is 66.2 Å². The third-order valence-electron chi connectivity index (χ3n) is 2.19. The lowest BCUT2D eigenvalue weighted by molar-refractivity contribution is -0.141. The van der Waals surface area contributed by atoms with Crippen molar-refractivity contribution in [2.45, 2.75) is 66.2 Å². The van der Waals surface area contributed by atoms with Gasteiger partial charge in [0.15, 0.2) is 0 Å². The minimum atomic E-state index is -0.182. The highest BCUT2D eigenvalue weighted by Gasteiger charge is 1.88. The lowest BCUT2D eigenvalue weighted by Gasteiger charge is -1.99. The van der Waals surface area contributed by atoms with E-state index in [0.29, 0.717) is 6.61 Å². The van der Waals surface area contributed by atoms with Crippen molar-refractivity contribution < 1.29 is 24.5 Å². The van der Waals surface area contributed by atoms with E-state index in [-0.39, 0.29) is 19.2 Å². The smallest absolute Gasteiger partial charge is 0.302 e. The van der Waals surface area contributed by atoms with Crippen LogP contribution in [0.4, 0.5) is 0 Å². The molecule has 0 aliphatic carbocycles. The Labute approximate surface area is 143 Å². The van der Waals surface area contributed by atoms with Crippen LogP contribution in [-0.4, -0.2) is 49.2 Å². The minimum absolute atomic E-state index is 0.125. The molecule has 0 aliphatic heterocycles. The zero-order valence-corrected chi connectivity index (χ0v) is 15.8. The second-order valence-electron chi connectivity index (χ2n) is 4.46. The first kappa shape index (κ1) is 30.0. The van der Waals surface area contributed by atoms with E-state index in [9.17, 15) is 4.79 Å². The van der Waals surface area contributed by atoms with E-state index < -0.39 is 0 Å². The molecule has 0 atom stereocenters. The Morgan fingerprint density at radius 1 is 0.826 bits per heavy atom. The van der Waals surface area contributed by atoms with Gasteiger partial charge in [0.2, 0.25) is 0 Å². The van der Waals surface area contributed by atoms with Gasteiger partial charge >= 0.3 is 5.97 Å². The molecule has 0 amide bonds. The molecule has 0 unspecified atom stereocenters. The van der Waals surface area contributed by atoms with Crippen molar-refractivity contribution in [3.8, 4) is 0 Å². The summed E-state index contributed by atoms with van der Waals surface area (Å²) in [4.78, 5) is 10.1. The first-order chi connectivity index (χ1) is 11.1. The monoisotopic (exact) mass is 336 g/mol. The third-order valence-corrected chi connectivity index (χ3v) is 2.19. The third kappa shape index (κ3) is 62.5. The Hall–Kier alpha value is -0.910. The summed E-state index contributed by atoms with van der Waals surface area (Å²) in [6.07, 6.45) is 6.96. The van der Waals surface area contributed by atoms with Gasteiger partial charge in [0, 0.05) is 20.1 Å². The predicted molar refractivity (Wildman–Crippen MR) is 97.6 cm³/mol. The Morgan fingerprint density at radius 2 is 1.17 bits per heavy atom. The number of carbonyl (C=O) groups excluding carboxylic acids is 1. The van der Waals surface area contributed by atoms with Gasteiger partial charge in [-0.05, 0) is 19.3 Å². The van der Waals surface area contributed by atoms with Crippen molar-refractivity contribution in [2.75, 3.05) is 33.0 Å². The van der Waals surface area contributed by atoms with Crippen molar-refractivity contribution in [2.24, 2.45) is 0 Å². The molecule has 0 rings (SSSR count). The Kier molecular flexibility index (Phi) is 48.8. The molecule has 0 radical (unpaired) electrons. The summed E-state index contributed by atoms with van der Waals surface area (Å²) in [6, 6.07) is 0. The number of unbranched alkanes of at least 4 members (excludes halogenated alkanes) is 3. The second-order valence-corrected chi connectivity index (χ2v) is 4.46. The fourth-order valence-electron chi connectivity index (χ4n) is 0.955. The van der Waals surface area contributed by atoms with Gasteiger partial charge in [0.05, 0.1) is 19.8 Å². The molecular weight excluding hydrogens is 296 g/mol. The van der Waals surface area contributed by atoms with Crippen LogP contribution < -0.4 is 0 Å². The molecule has 0 aromatic carbocycles. The van der Waals surface area contributed by atoms with Crippen LogP contribution in [-0.2, 0) is 14.3 Å². The van der Waals surface area contributed by atoms with Gasteiger partial charge in [-0.3, -0.25) is 4.79 Å². The van der Waals surface area contributed by atoms with Gasteiger partial charge in [0.25, 0.3) is 0 Å². The average Bonchev–Trinajstić information content (AvgIpc) is 2.57. The molecule has 0 aromatic rings. The van der Waals surface area contributed by atoms with E-state index in [2.05, 4.69) is 38.7 Å². The molecule has 0 saturated heterocycles. The average molecular weight is 337 g/mol. The van der Waals surface area contributed by atoms with E-state index >= 15 is 0 Å². The van der Waals surface area contributed by atoms with Crippen molar-refractivity contribution in [1.82, 2.24) is 0 Å². The molecule has 0 heterocycles. The first-order valence-corrected chi connectivity index (χ1v) is 8.53. The minimum Gasteiger partial charge on any atom is -0.466 e. The van der Waals surface area contributed by atoms with Gasteiger partial charge in [-0.2, -0.15) is 0 Å². The molecule has 0 bridgehead atoms. The number of aliphatic hydroxyl groups excluding tert-OH is 2. The number of hydrogen-bond acceptors (Lipinski definition) is 5. The Bertz CT molecular complexity index is 178. The molecule has 2 N–H and O–H groups in total. The highest BCUT2D eigenvalue weighted by molar-refractivity contribution is 5.65. The number of esters is 1. The molecule has 0 aromatic heterocycles. The van der Waals surface area contributed by atoms with Crippen LogP contribution >= 0.6 is 0 Å². The van der Waals surface area contributed by atoms with Crippen LogP contribution in [0.15, 0.2) is 13.2 Å². The van der Waals surface area contributed by atoms with Gasteiger partial charge in [0.1, 0.15) is 0 Å². The summed E-state index contributed by atoms with van der Waals surface area (Å²) >= 11 is 0. The maximum absolute atomic E-state index is 10.1. The van der Waals surface area contributed by atoms with E-state index in [4.69, 9.17) is 14.9 Å². The molecule has 0 spiro atoms. The number of ether oxygens (including phenoxy) is 2. The molecule has 5 heteroatoms. The van der Waals surface area contributed by atoms with Crippen molar-refractivity contribution in [3.05, 3.63) is 13.2 Å². The van der Waals surface area contributed by atoms with Gasteiger partial charge < -0.3 is 19.7 Å². The van der Waals surface area contributed by atoms with E-state index in [1.807, 2.05) is 0 Å². The normalized spacial score (nSPS) is 8.43. The van der Waals surface area contributed by atoms with Gasteiger partial charge in [-0.25, -0.2) is 0 Å². The summed E-state index contributed by atoms with van der Waals surface area (Å²) in [5.74, 6) is -0.182. The lowest BCUT2D eigenvalue weighted by Crippen LogP contribution is -1.99. The largest absolute Gasteiger partial charge is 0.466 e. The van der Waals surface area contributed by atoms with E-state index in [1.54, 1.807) is 0 Å². The summed E-state index contributed by atoms with van der Waals surface area (Å²) in [5, 5.41) is 15.2. The molecule has 142 valence electrons. The van der Waals surface area contributed by atoms with Crippen molar-refractivity contribution in [1.29, 1.82) is 0 Å². The number of carbonyl (C=O) groups is 1. The molecular formula is C18H40O5. The maximum Gasteiger partial charge on any atom is 0.302 e. The molecule has 23 heavy (non-hydrogen) atoms. The second kappa shape index (κ2) is 37.4. The zero-order valence-electron chi connectivity index (χ0n) is 15.8. The highest BCUT2D eigenvalue weighted by atomic mass is 16.5. The highest BCUT2D eigenvalue weighted by Crippen LogP contribution is 1.91. The number of rotatable bonds is 10. The lowest BCUT2D eigenvalue weighted by atomic mass is 10.3. The van der Waals surface area contributed by atoms with Crippen molar-refractivity contribution in [3.63, 3.8) is 0 Å². The van der Waals surface area contributed by atoms with Crippen LogP contribution in [0.5, 0.6) is 0 Å². The standard InChI is InChI=1S/C8H18O.C6H12O2.C2H6O2.C2H4/c1-3-5-7-9-8-6-4-2;1-3-4-5-8-6(2)7;3-1-2-4;1-2/h3-8H2,1-2H3;3-5H2,1-2H3;3-4H,1-2H2;1-2H2. The SMILES string of the molecule is C=C.CCCCOC(C)=O.CCCCOCCCC.OCCO. The zero-order chi connectivity index (χ0) is 18.8. The van der Waals surface area contributed by atoms with E-state index in [1.165, 1.54) is 32.6 Å². The predicted octanol–water partition coefficient (Wildman–Crippen LogP) is 3.73. The number of aliphatic hydroxyl groups is 2. The van der Waals surface area contributed by atoms with Gasteiger partial charge in [-0.1, -0.05) is 40.0 Å². The Balaban J connectivity index is -0.000000118. The first-order valence-electron chi connectivity index (χ1n) is 8.53. The summed E-state index contributed by atoms with van der Waals surface area (Å²) in [6.45, 7) is 16.1.